The van der Waals surface area contributed by atoms with Gasteiger partial charge in [-0.2, -0.15) is 4.31 Å². The SMILES string of the molecule is CCN(CC)S(=O)(=O)c1ccc(NC(=O)CSc2n[nH]c(=O)n2C[C@@H]2CCCO2)cc1. The second-order valence-electron chi connectivity index (χ2n) is 7.01. The van der Waals surface area contributed by atoms with E-state index >= 15 is 0 Å². The Morgan fingerprint density at radius 2 is 2.03 bits per heavy atom. The van der Waals surface area contributed by atoms with Gasteiger partial charge in [0.05, 0.1) is 23.3 Å². The largest absolute Gasteiger partial charge is 0.376 e. The van der Waals surface area contributed by atoms with Crippen molar-refractivity contribution in [3.05, 3.63) is 34.7 Å². The van der Waals surface area contributed by atoms with Crippen LogP contribution in [-0.4, -0.2) is 64.9 Å². The van der Waals surface area contributed by atoms with E-state index in [0.29, 0.717) is 37.1 Å². The summed E-state index contributed by atoms with van der Waals surface area (Å²) in [6.45, 7) is 5.44. The first-order valence-corrected chi connectivity index (χ1v) is 12.6. The maximum absolute atomic E-state index is 12.5. The quantitative estimate of drug-likeness (QED) is 0.505. The Hall–Kier alpha value is -2.15. The second kappa shape index (κ2) is 10.4. The van der Waals surface area contributed by atoms with Gasteiger partial charge in [0.15, 0.2) is 5.16 Å². The van der Waals surface area contributed by atoms with E-state index in [1.807, 2.05) is 0 Å². The molecule has 1 fully saturated rings. The molecule has 1 aliphatic rings. The van der Waals surface area contributed by atoms with E-state index in [-0.39, 0.29) is 28.3 Å². The van der Waals surface area contributed by atoms with Gasteiger partial charge in [-0.05, 0) is 37.1 Å². The molecule has 1 aromatic heterocycles. The van der Waals surface area contributed by atoms with Crippen LogP contribution in [0, 0.1) is 0 Å². The molecular weight excluding hydrogens is 442 g/mol. The number of rotatable bonds is 10. The number of aromatic nitrogens is 3. The summed E-state index contributed by atoms with van der Waals surface area (Å²) in [7, 11) is -3.54. The Morgan fingerprint density at radius 1 is 1.32 bits per heavy atom. The Balaban J connectivity index is 1.58. The lowest BCUT2D eigenvalue weighted by molar-refractivity contribution is -0.113. The van der Waals surface area contributed by atoms with Gasteiger partial charge in [-0.25, -0.2) is 18.3 Å². The maximum atomic E-state index is 12.5. The molecule has 10 nitrogen and oxygen atoms in total. The average Bonchev–Trinajstić information content (AvgIpc) is 3.38. The molecule has 0 spiro atoms. The van der Waals surface area contributed by atoms with Gasteiger partial charge in [0, 0.05) is 25.4 Å². The van der Waals surface area contributed by atoms with Gasteiger partial charge in [-0.15, -0.1) is 5.10 Å². The van der Waals surface area contributed by atoms with Crippen molar-refractivity contribution in [1.29, 1.82) is 0 Å². The number of sulfonamides is 1. The van der Waals surface area contributed by atoms with Crippen molar-refractivity contribution in [3.8, 4) is 0 Å². The number of hydrogen-bond donors (Lipinski definition) is 2. The predicted octanol–water partition coefficient (Wildman–Crippen LogP) is 1.51. The van der Waals surface area contributed by atoms with Gasteiger partial charge >= 0.3 is 5.69 Å². The zero-order valence-corrected chi connectivity index (χ0v) is 19.2. The highest BCUT2D eigenvalue weighted by Crippen LogP contribution is 2.20. The number of amides is 1. The molecule has 170 valence electrons. The van der Waals surface area contributed by atoms with Gasteiger partial charge in [0.1, 0.15) is 0 Å². The van der Waals surface area contributed by atoms with E-state index in [9.17, 15) is 18.0 Å². The summed E-state index contributed by atoms with van der Waals surface area (Å²) >= 11 is 1.15. The fourth-order valence-corrected chi connectivity index (χ4v) is 5.53. The zero-order valence-electron chi connectivity index (χ0n) is 17.5. The Morgan fingerprint density at radius 3 is 2.65 bits per heavy atom. The van der Waals surface area contributed by atoms with E-state index in [1.54, 1.807) is 26.0 Å². The number of benzene rings is 1. The first-order valence-electron chi connectivity index (χ1n) is 10.1. The minimum Gasteiger partial charge on any atom is -0.376 e. The number of nitrogens with zero attached hydrogens (tertiary/aromatic N) is 3. The van der Waals surface area contributed by atoms with Crippen molar-refractivity contribution in [2.45, 2.75) is 49.4 Å². The fraction of sp³-hybridized carbons (Fsp3) is 0.526. The molecule has 1 amide bonds. The van der Waals surface area contributed by atoms with Crippen LogP contribution in [-0.2, 0) is 26.1 Å². The van der Waals surface area contributed by atoms with Crippen LogP contribution in [0.1, 0.15) is 26.7 Å². The third kappa shape index (κ3) is 5.76. The molecule has 2 heterocycles. The predicted molar refractivity (Wildman–Crippen MR) is 118 cm³/mol. The number of H-pyrrole nitrogens is 1. The number of thioether (sulfide) groups is 1. The van der Waals surface area contributed by atoms with Crippen LogP contribution in [0.2, 0.25) is 0 Å². The summed E-state index contributed by atoms with van der Waals surface area (Å²) < 4.78 is 33.5. The van der Waals surface area contributed by atoms with Crippen molar-refractivity contribution in [3.63, 3.8) is 0 Å². The van der Waals surface area contributed by atoms with Gasteiger partial charge in [0.2, 0.25) is 15.9 Å². The number of aromatic amines is 1. The van der Waals surface area contributed by atoms with Crippen molar-refractivity contribution in [2.24, 2.45) is 0 Å². The summed E-state index contributed by atoms with van der Waals surface area (Å²) in [6, 6.07) is 6.06. The Labute approximate surface area is 185 Å². The first-order chi connectivity index (χ1) is 14.8. The Kier molecular flexibility index (Phi) is 7.92. The number of nitrogens with one attached hydrogen (secondary N) is 2. The van der Waals surface area contributed by atoms with Gasteiger partial charge in [-0.3, -0.25) is 9.36 Å². The number of carbonyl (C=O) groups is 1. The molecule has 0 aliphatic carbocycles. The smallest absolute Gasteiger partial charge is 0.344 e. The standard InChI is InChI=1S/C19H27N5O5S2/c1-3-23(4-2)31(27,28)16-9-7-14(8-10-16)20-17(25)13-30-19-22-21-18(26)24(19)12-15-6-5-11-29-15/h7-10,15H,3-6,11-13H2,1-2H3,(H,20,25)(H,21,26)/t15-/m0/s1. The molecule has 0 saturated carbocycles. The van der Waals surface area contributed by atoms with E-state index < -0.39 is 10.0 Å². The fourth-order valence-electron chi connectivity index (χ4n) is 3.32. The molecule has 1 saturated heterocycles. The molecule has 0 unspecified atom stereocenters. The van der Waals surface area contributed by atoms with Crippen LogP contribution < -0.4 is 11.0 Å². The highest BCUT2D eigenvalue weighted by molar-refractivity contribution is 7.99. The molecule has 31 heavy (non-hydrogen) atoms. The molecule has 2 aromatic rings. The van der Waals surface area contributed by atoms with Gasteiger partial charge in [-0.1, -0.05) is 25.6 Å². The first kappa shape index (κ1) is 23.5. The molecule has 0 radical (unpaired) electrons. The zero-order chi connectivity index (χ0) is 22.4. The lowest BCUT2D eigenvalue weighted by Gasteiger charge is -2.18. The molecular formula is C19H27N5O5S2. The van der Waals surface area contributed by atoms with Crippen LogP contribution >= 0.6 is 11.8 Å². The number of hydrogen-bond acceptors (Lipinski definition) is 7. The Bertz CT molecular complexity index is 1040. The monoisotopic (exact) mass is 469 g/mol. The van der Waals surface area contributed by atoms with Crippen LogP contribution in [0.3, 0.4) is 0 Å². The highest BCUT2D eigenvalue weighted by atomic mass is 32.2. The summed E-state index contributed by atoms with van der Waals surface area (Å²) in [6.07, 6.45) is 1.84. The van der Waals surface area contributed by atoms with E-state index in [0.717, 1.165) is 24.6 Å². The molecule has 1 aromatic carbocycles. The van der Waals surface area contributed by atoms with E-state index in [4.69, 9.17) is 4.74 Å². The molecule has 0 bridgehead atoms. The summed E-state index contributed by atoms with van der Waals surface area (Å²) in [5.74, 6) is -0.238. The van der Waals surface area contributed by atoms with Crippen molar-refractivity contribution < 1.29 is 17.9 Å². The normalized spacial score (nSPS) is 16.7. The lowest BCUT2D eigenvalue weighted by Crippen LogP contribution is -2.30. The van der Waals surface area contributed by atoms with E-state index in [1.165, 1.54) is 21.0 Å². The summed E-state index contributed by atoms with van der Waals surface area (Å²) in [5, 5.41) is 9.56. The third-order valence-electron chi connectivity index (χ3n) is 4.95. The van der Waals surface area contributed by atoms with Crippen LogP contribution in [0.15, 0.2) is 39.1 Å². The maximum Gasteiger partial charge on any atom is 0.344 e. The lowest BCUT2D eigenvalue weighted by atomic mass is 10.2. The molecule has 2 N–H and O–H groups in total. The molecule has 12 heteroatoms. The highest BCUT2D eigenvalue weighted by Gasteiger charge is 2.22. The van der Waals surface area contributed by atoms with Crippen molar-refractivity contribution in [2.75, 3.05) is 30.8 Å². The number of carbonyl (C=O) groups excluding carboxylic acids is 1. The minimum atomic E-state index is -3.54. The number of anilines is 1. The summed E-state index contributed by atoms with van der Waals surface area (Å²) in [4.78, 5) is 24.5. The number of ether oxygens (including phenoxy) is 1. The van der Waals surface area contributed by atoms with Crippen molar-refractivity contribution in [1.82, 2.24) is 19.1 Å². The average molecular weight is 470 g/mol. The van der Waals surface area contributed by atoms with Gasteiger partial charge < -0.3 is 10.1 Å². The minimum absolute atomic E-state index is 0.0189. The molecule has 1 atom stereocenters. The molecule has 1 aliphatic heterocycles. The second-order valence-corrected chi connectivity index (χ2v) is 9.89. The topological polar surface area (TPSA) is 126 Å². The van der Waals surface area contributed by atoms with Crippen LogP contribution in [0.4, 0.5) is 5.69 Å². The van der Waals surface area contributed by atoms with E-state index in [2.05, 4.69) is 15.5 Å². The van der Waals surface area contributed by atoms with Gasteiger partial charge in [0.25, 0.3) is 0 Å². The third-order valence-corrected chi connectivity index (χ3v) is 7.99. The van der Waals surface area contributed by atoms with Crippen molar-refractivity contribution >= 4 is 33.4 Å². The van der Waals surface area contributed by atoms with Crippen LogP contribution in [0.5, 0.6) is 0 Å². The van der Waals surface area contributed by atoms with Crippen LogP contribution in [0.25, 0.3) is 0 Å². The molecule has 3 rings (SSSR count). The summed E-state index contributed by atoms with van der Waals surface area (Å²) in [5.41, 5.74) is 0.159.